The molecule has 2 aromatic rings. The molecule has 56 valence electrons. The summed E-state index contributed by atoms with van der Waals surface area (Å²) in [5.41, 5.74) is 0.548. The van der Waals surface area contributed by atoms with E-state index >= 15 is 0 Å². The standard InChI is InChI=1S/C7H4ClFN2/c8-7-6-4(1-2-10-6)5(9)3-11-7/h1-3,10H. The van der Waals surface area contributed by atoms with Crippen LogP contribution in [0.5, 0.6) is 0 Å². The topological polar surface area (TPSA) is 28.7 Å². The average molecular weight is 171 g/mol. The first-order valence-corrected chi connectivity index (χ1v) is 3.44. The molecule has 2 rings (SSSR count). The summed E-state index contributed by atoms with van der Waals surface area (Å²) in [6.45, 7) is 0. The maximum absolute atomic E-state index is 12.9. The van der Waals surface area contributed by atoms with Crippen molar-refractivity contribution < 1.29 is 4.39 Å². The van der Waals surface area contributed by atoms with E-state index in [1.54, 1.807) is 12.3 Å². The van der Waals surface area contributed by atoms with Crippen LogP contribution in [0, 0.1) is 5.82 Å². The van der Waals surface area contributed by atoms with Crippen molar-refractivity contribution >= 4 is 22.5 Å². The molecule has 0 saturated heterocycles. The van der Waals surface area contributed by atoms with Gasteiger partial charge in [0, 0.05) is 11.6 Å². The summed E-state index contributed by atoms with van der Waals surface area (Å²) in [7, 11) is 0. The van der Waals surface area contributed by atoms with Crippen molar-refractivity contribution in [2.24, 2.45) is 0 Å². The van der Waals surface area contributed by atoms with Crippen molar-refractivity contribution in [2.45, 2.75) is 0 Å². The molecule has 0 aliphatic heterocycles. The summed E-state index contributed by atoms with van der Waals surface area (Å²) in [6, 6.07) is 1.62. The molecule has 11 heavy (non-hydrogen) atoms. The molecule has 2 nitrogen and oxygen atoms in total. The van der Waals surface area contributed by atoms with E-state index in [-0.39, 0.29) is 5.82 Å². The lowest BCUT2D eigenvalue weighted by atomic mass is 10.3. The van der Waals surface area contributed by atoms with Crippen LogP contribution in [-0.2, 0) is 0 Å². The monoisotopic (exact) mass is 170 g/mol. The van der Waals surface area contributed by atoms with Crippen LogP contribution in [0.2, 0.25) is 5.15 Å². The number of aromatic nitrogens is 2. The second kappa shape index (κ2) is 2.20. The van der Waals surface area contributed by atoms with Gasteiger partial charge in [0.05, 0.1) is 11.7 Å². The molecule has 0 saturated carbocycles. The van der Waals surface area contributed by atoms with Gasteiger partial charge in [-0.1, -0.05) is 11.6 Å². The van der Waals surface area contributed by atoms with Gasteiger partial charge in [-0.15, -0.1) is 0 Å². The van der Waals surface area contributed by atoms with Crippen LogP contribution in [0.1, 0.15) is 0 Å². The highest BCUT2D eigenvalue weighted by atomic mass is 35.5. The highest BCUT2D eigenvalue weighted by Crippen LogP contribution is 2.21. The van der Waals surface area contributed by atoms with E-state index in [1.165, 1.54) is 0 Å². The van der Waals surface area contributed by atoms with E-state index in [9.17, 15) is 4.39 Å². The van der Waals surface area contributed by atoms with E-state index < -0.39 is 0 Å². The molecule has 2 heterocycles. The van der Waals surface area contributed by atoms with Crippen molar-refractivity contribution in [3.63, 3.8) is 0 Å². The molecule has 0 bridgehead atoms. The molecule has 0 aliphatic rings. The molecule has 0 unspecified atom stereocenters. The maximum Gasteiger partial charge on any atom is 0.153 e. The fourth-order valence-electron chi connectivity index (χ4n) is 0.987. The van der Waals surface area contributed by atoms with Crippen LogP contribution in [0.15, 0.2) is 18.5 Å². The second-order valence-electron chi connectivity index (χ2n) is 2.16. The Labute approximate surface area is 67.0 Å². The highest BCUT2D eigenvalue weighted by molar-refractivity contribution is 6.33. The van der Waals surface area contributed by atoms with Gasteiger partial charge in [-0.2, -0.15) is 0 Å². The Morgan fingerprint density at radius 1 is 1.55 bits per heavy atom. The van der Waals surface area contributed by atoms with Crippen LogP contribution in [0.25, 0.3) is 10.9 Å². The maximum atomic E-state index is 12.9. The van der Waals surface area contributed by atoms with Gasteiger partial charge in [-0.25, -0.2) is 9.37 Å². The summed E-state index contributed by atoms with van der Waals surface area (Å²) in [5.74, 6) is -0.356. The molecule has 0 amide bonds. The zero-order valence-electron chi connectivity index (χ0n) is 5.44. The minimum absolute atomic E-state index is 0.298. The predicted molar refractivity (Wildman–Crippen MR) is 41.1 cm³/mol. The first-order valence-electron chi connectivity index (χ1n) is 3.06. The van der Waals surface area contributed by atoms with Crippen molar-refractivity contribution in [2.75, 3.05) is 0 Å². The first-order chi connectivity index (χ1) is 5.29. The lowest BCUT2D eigenvalue weighted by Crippen LogP contribution is -1.81. The SMILES string of the molecule is Fc1cnc(Cl)c2[nH]ccc12. The Morgan fingerprint density at radius 3 is 3.09 bits per heavy atom. The Hall–Kier alpha value is -1.09. The van der Waals surface area contributed by atoms with Crippen molar-refractivity contribution in [3.8, 4) is 0 Å². The summed E-state index contributed by atoms with van der Waals surface area (Å²) >= 11 is 5.66. The van der Waals surface area contributed by atoms with Gasteiger partial charge < -0.3 is 4.98 Å². The number of halogens is 2. The first kappa shape index (κ1) is 6.61. The summed E-state index contributed by atoms with van der Waals surface area (Å²) in [6.07, 6.45) is 2.74. The minimum Gasteiger partial charge on any atom is -0.359 e. The van der Waals surface area contributed by atoms with E-state index in [4.69, 9.17) is 11.6 Å². The van der Waals surface area contributed by atoms with Gasteiger partial charge in [0.15, 0.2) is 11.0 Å². The lowest BCUT2D eigenvalue weighted by Gasteiger charge is -1.92. The van der Waals surface area contributed by atoms with E-state index in [0.717, 1.165) is 6.20 Å². The Morgan fingerprint density at radius 2 is 2.36 bits per heavy atom. The van der Waals surface area contributed by atoms with Crippen molar-refractivity contribution in [1.82, 2.24) is 9.97 Å². The molecule has 0 aliphatic carbocycles. The Balaban J connectivity index is 2.96. The zero-order chi connectivity index (χ0) is 7.84. The number of nitrogens with one attached hydrogen (secondary N) is 1. The van der Waals surface area contributed by atoms with Gasteiger partial charge >= 0.3 is 0 Å². The number of rotatable bonds is 0. The van der Waals surface area contributed by atoms with Crippen LogP contribution in [-0.4, -0.2) is 9.97 Å². The smallest absolute Gasteiger partial charge is 0.153 e. The molecule has 0 radical (unpaired) electrons. The number of hydrogen-bond acceptors (Lipinski definition) is 1. The lowest BCUT2D eigenvalue weighted by molar-refractivity contribution is 0.634. The number of fused-ring (bicyclic) bond motifs is 1. The third kappa shape index (κ3) is 0.886. The Kier molecular flexibility index (Phi) is 1.32. The molecular weight excluding hydrogens is 167 g/mol. The highest BCUT2D eigenvalue weighted by Gasteiger charge is 2.04. The van der Waals surface area contributed by atoms with Gasteiger partial charge in [-0.05, 0) is 6.07 Å². The van der Waals surface area contributed by atoms with Crippen LogP contribution < -0.4 is 0 Å². The quantitative estimate of drug-likeness (QED) is 0.604. The summed E-state index contributed by atoms with van der Waals surface area (Å²) < 4.78 is 12.9. The normalized spacial score (nSPS) is 10.7. The third-order valence-electron chi connectivity index (χ3n) is 1.50. The predicted octanol–water partition coefficient (Wildman–Crippen LogP) is 2.36. The zero-order valence-corrected chi connectivity index (χ0v) is 6.19. The van der Waals surface area contributed by atoms with Crippen LogP contribution in [0.3, 0.4) is 0 Å². The van der Waals surface area contributed by atoms with Crippen LogP contribution in [0.4, 0.5) is 4.39 Å². The average Bonchev–Trinajstić information content (AvgIpc) is 2.45. The van der Waals surface area contributed by atoms with E-state index in [2.05, 4.69) is 9.97 Å². The molecule has 0 fully saturated rings. The molecular formula is C7H4ClFN2. The number of pyridine rings is 1. The molecule has 1 N–H and O–H groups in total. The van der Waals surface area contributed by atoms with Crippen LogP contribution >= 0.6 is 11.6 Å². The van der Waals surface area contributed by atoms with Gasteiger partial charge in [0.1, 0.15) is 0 Å². The van der Waals surface area contributed by atoms with Gasteiger partial charge in [0.2, 0.25) is 0 Å². The number of nitrogens with zero attached hydrogens (tertiary/aromatic N) is 1. The van der Waals surface area contributed by atoms with E-state index in [0.29, 0.717) is 16.1 Å². The fourth-order valence-corrected chi connectivity index (χ4v) is 1.19. The Bertz CT molecular complexity index is 360. The third-order valence-corrected chi connectivity index (χ3v) is 1.79. The molecule has 2 aromatic heterocycles. The fraction of sp³-hybridized carbons (Fsp3) is 0. The van der Waals surface area contributed by atoms with Crippen molar-refractivity contribution in [1.29, 1.82) is 0 Å². The largest absolute Gasteiger partial charge is 0.359 e. The summed E-state index contributed by atoms with van der Waals surface area (Å²) in [4.78, 5) is 6.43. The molecule has 0 atom stereocenters. The molecule has 0 spiro atoms. The van der Waals surface area contributed by atoms with Crippen molar-refractivity contribution in [3.05, 3.63) is 29.4 Å². The number of hydrogen-bond donors (Lipinski definition) is 1. The van der Waals surface area contributed by atoms with Gasteiger partial charge in [-0.3, -0.25) is 0 Å². The summed E-state index contributed by atoms with van der Waals surface area (Å²) in [5, 5.41) is 0.774. The number of aromatic amines is 1. The minimum atomic E-state index is -0.356. The van der Waals surface area contributed by atoms with E-state index in [1.807, 2.05) is 0 Å². The number of H-pyrrole nitrogens is 1. The molecule has 4 heteroatoms. The second-order valence-corrected chi connectivity index (χ2v) is 2.52. The molecule has 0 aromatic carbocycles. The van der Waals surface area contributed by atoms with Gasteiger partial charge in [0.25, 0.3) is 0 Å².